The van der Waals surface area contributed by atoms with Gasteiger partial charge in [-0.2, -0.15) is 0 Å². The number of carbonyl (C=O) groups is 1. The van der Waals surface area contributed by atoms with E-state index >= 15 is 0 Å². The van der Waals surface area contributed by atoms with E-state index in [4.69, 9.17) is 15.6 Å². The highest BCUT2D eigenvalue weighted by Crippen LogP contribution is 2.35. The van der Waals surface area contributed by atoms with E-state index in [9.17, 15) is 4.79 Å². The van der Waals surface area contributed by atoms with Crippen LogP contribution in [-0.4, -0.2) is 41.4 Å². The second kappa shape index (κ2) is 5.07. The van der Waals surface area contributed by atoms with Crippen molar-refractivity contribution in [1.29, 1.82) is 0 Å². The summed E-state index contributed by atoms with van der Waals surface area (Å²) in [5.41, 5.74) is 6.03. The molecule has 1 saturated heterocycles. The lowest BCUT2D eigenvalue weighted by Gasteiger charge is -2.37. The van der Waals surface area contributed by atoms with Gasteiger partial charge in [0.25, 0.3) is 0 Å². The molecule has 2 aliphatic rings. The minimum atomic E-state index is -1.04. The zero-order valence-corrected chi connectivity index (χ0v) is 11.3. The number of rotatable bonds is 3. The summed E-state index contributed by atoms with van der Waals surface area (Å²) in [5, 5.41) is 11.5. The Morgan fingerprint density at radius 3 is 3.26 bits per heavy atom. The van der Waals surface area contributed by atoms with E-state index in [1.165, 1.54) is 17.8 Å². The average molecular weight is 283 g/mol. The maximum atomic E-state index is 10.9. The van der Waals surface area contributed by atoms with E-state index < -0.39 is 12.0 Å². The van der Waals surface area contributed by atoms with Crippen LogP contribution in [0.15, 0.2) is 5.38 Å². The molecule has 3 rings (SSSR count). The van der Waals surface area contributed by atoms with Gasteiger partial charge in [-0.05, 0) is 19.3 Å². The fraction of sp³-hybridized carbons (Fsp3) is 0.667. The number of aromatic nitrogens is 1. The third-order valence-electron chi connectivity index (χ3n) is 3.82. The van der Waals surface area contributed by atoms with Crippen LogP contribution in [0.2, 0.25) is 0 Å². The lowest BCUT2D eigenvalue weighted by Crippen LogP contribution is -2.48. The number of aliphatic carboxylic acids is 1. The number of carboxylic acids is 1. The topological polar surface area (TPSA) is 88.7 Å². The number of nitrogens with two attached hydrogens (primary N) is 1. The third-order valence-corrected chi connectivity index (χ3v) is 4.72. The first-order chi connectivity index (χ1) is 9.16. The van der Waals surface area contributed by atoms with E-state index in [0.29, 0.717) is 24.4 Å². The molecule has 3 N–H and O–H groups in total. The first kappa shape index (κ1) is 12.8. The molecular formula is C12H17N3O3S. The van der Waals surface area contributed by atoms with Gasteiger partial charge >= 0.3 is 5.97 Å². The van der Waals surface area contributed by atoms with E-state index in [1.807, 2.05) is 0 Å². The quantitative estimate of drug-likeness (QED) is 0.860. The van der Waals surface area contributed by atoms with E-state index in [2.05, 4.69) is 9.88 Å². The lowest BCUT2D eigenvalue weighted by atomic mass is 10.1. The summed E-state index contributed by atoms with van der Waals surface area (Å²) in [6, 6.07) is -0.654. The molecule has 1 aromatic heterocycles. The average Bonchev–Trinajstić information content (AvgIpc) is 3.06. The molecule has 1 aromatic rings. The van der Waals surface area contributed by atoms with Gasteiger partial charge in [0.05, 0.1) is 24.4 Å². The molecule has 2 heterocycles. The van der Waals surface area contributed by atoms with Gasteiger partial charge in [0, 0.05) is 11.9 Å². The van der Waals surface area contributed by atoms with Gasteiger partial charge in [-0.1, -0.05) is 0 Å². The van der Waals surface area contributed by atoms with Crippen LogP contribution in [0.1, 0.15) is 31.0 Å². The van der Waals surface area contributed by atoms with Crippen molar-refractivity contribution in [2.45, 2.75) is 37.5 Å². The monoisotopic (exact) mass is 283 g/mol. The molecule has 3 unspecified atom stereocenters. The predicted molar refractivity (Wildman–Crippen MR) is 71.4 cm³/mol. The Labute approximate surface area is 115 Å². The van der Waals surface area contributed by atoms with E-state index in [0.717, 1.165) is 24.5 Å². The number of thiazole rings is 1. The molecule has 1 aliphatic carbocycles. The molecule has 19 heavy (non-hydrogen) atoms. The number of carboxylic acid groups (broad SMARTS) is 1. The van der Waals surface area contributed by atoms with Gasteiger partial charge in [0.1, 0.15) is 6.04 Å². The van der Waals surface area contributed by atoms with Gasteiger partial charge in [0.2, 0.25) is 0 Å². The number of hydrogen-bond acceptors (Lipinski definition) is 6. The minimum Gasteiger partial charge on any atom is -0.480 e. The van der Waals surface area contributed by atoms with Crippen molar-refractivity contribution < 1.29 is 14.6 Å². The van der Waals surface area contributed by atoms with E-state index in [1.54, 1.807) is 5.38 Å². The first-order valence-corrected chi connectivity index (χ1v) is 7.37. The molecule has 7 heteroatoms. The highest BCUT2D eigenvalue weighted by Gasteiger charge is 2.37. The van der Waals surface area contributed by atoms with Crippen LogP contribution in [0.4, 0.5) is 5.13 Å². The molecule has 0 spiro atoms. The second-order valence-electron chi connectivity index (χ2n) is 4.97. The number of ether oxygens (including phenoxy) is 1. The number of nitrogens with zero attached hydrogens (tertiary/aromatic N) is 2. The van der Waals surface area contributed by atoms with E-state index in [-0.39, 0.29) is 0 Å². The summed E-state index contributed by atoms with van der Waals surface area (Å²) >= 11 is 1.47. The molecule has 3 atom stereocenters. The molecule has 1 aliphatic heterocycles. The Bertz CT molecular complexity index is 479. The van der Waals surface area contributed by atoms with Gasteiger partial charge < -0.3 is 20.5 Å². The first-order valence-electron chi connectivity index (χ1n) is 6.49. The van der Waals surface area contributed by atoms with Gasteiger partial charge in [-0.3, -0.25) is 4.79 Å². The molecule has 0 radical (unpaired) electrons. The van der Waals surface area contributed by atoms with Gasteiger partial charge in [0.15, 0.2) is 5.13 Å². The SMILES string of the molecule is NC(C(=O)O)c1csc(N2CCOC3CCCC32)n1. The normalized spacial score (nSPS) is 28.2. The van der Waals surface area contributed by atoms with Crippen molar-refractivity contribution in [1.82, 2.24) is 4.98 Å². The van der Waals surface area contributed by atoms with Crippen LogP contribution in [0.25, 0.3) is 0 Å². The van der Waals surface area contributed by atoms with Crippen molar-refractivity contribution in [2.24, 2.45) is 5.73 Å². The molecule has 0 amide bonds. The number of anilines is 1. The zero-order chi connectivity index (χ0) is 13.4. The maximum Gasteiger partial charge on any atom is 0.326 e. The molecule has 6 nitrogen and oxygen atoms in total. The zero-order valence-electron chi connectivity index (χ0n) is 10.5. The van der Waals surface area contributed by atoms with Crippen molar-refractivity contribution in [3.63, 3.8) is 0 Å². The highest BCUT2D eigenvalue weighted by molar-refractivity contribution is 7.13. The van der Waals surface area contributed by atoms with Crippen molar-refractivity contribution in [3.05, 3.63) is 11.1 Å². The molecule has 104 valence electrons. The number of hydrogen-bond donors (Lipinski definition) is 2. The van der Waals surface area contributed by atoms with Crippen molar-refractivity contribution >= 4 is 22.4 Å². The van der Waals surface area contributed by atoms with Crippen LogP contribution in [-0.2, 0) is 9.53 Å². The van der Waals surface area contributed by atoms with Crippen molar-refractivity contribution in [2.75, 3.05) is 18.1 Å². The van der Waals surface area contributed by atoms with Gasteiger partial charge in [-0.25, -0.2) is 4.98 Å². The molecule has 0 bridgehead atoms. The standard InChI is InChI=1S/C12H17N3O3S/c13-10(11(16)17)7-6-19-12(14-7)15-4-5-18-9-3-1-2-8(9)15/h6,8-10H,1-5,13H2,(H,16,17). The summed E-state index contributed by atoms with van der Waals surface area (Å²) in [5.74, 6) is -1.04. The van der Waals surface area contributed by atoms with Crippen LogP contribution < -0.4 is 10.6 Å². The summed E-state index contributed by atoms with van der Waals surface area (Å²) < 4.78 is 5.76. The Kier molecular flexibility index (Phi) is 3.42. The summed E-state index contributed by atoms with van der Waals surface area (Å²) in [7, 11) is 0. The van der Waals surface area contributed by atoms with Crippen molar-refractivity contribution in [3.8, 4) is 0 Å². The van der Waals surface area contributed by atoms with Crippen LogP contribution >= 0.6 is 11.3 Å². The van der Waals surface area contributed by atoms with Crippen LogP contribution in [0.3, 0.4) is 0 Å². The Morgan fingerprint density at radius 2 is 2.47 bits per heavy atom. The van der Waals surface area contributed by atoms with Crippen LogP contribution in [0, 0.1) is 0 Å². The number of morpholine rings is 1. The van der Waals surface area contributed by atoms with Gasteiger partial charge in [-0.15, -0.1) is 11.3 Å². The molecular weight excluding hydrogens is 266 g/mol. The maximum absolute atomic E-state index is 10.9. The lowest BCUT2D eigenvalue weighted by molar-refractivity contribution is -0.138. The minimum absolute atomic E-state index is 0.300. The summed E-state index contributed by atoms with van der Waals surface area (Å²) in [6.07, 6.45) is 3.70. The third kappa shape index (κ3) is 2.33. The Balaban J connectivity index is 1.80. The smallest absolute Gasteiger partial charge is 0.326 e. The number of fused-ring (bicyclic) bond motifs is 1. The molecule has 1 saturated carbocycles. The molecule has 2 fully saturated rings. The fourth-order valence-corrected chi connectivity index (χ4v) is 3.79. The van der Waals surface area contributed by atoms with Crippen LogP contribution in [0.5, 0.6) is 0 Å². The second-order valence-corrected chi connectivity index (χ2v) is 5.81. The summed E-state index contributed by atoms with van der Waals surface area (Å²) in [6.45, 7) is 1.53. The predicted octanol–water partition coefficient (Wildman–Crippen LogP) is 0.985. The molecule has 0 aromatic carbocycles. The fourth-order valence-electron chi connectivity index (χ4n) is 2.84. The Hall–Kier alpha value is -1.18. The summed E-state index contributed by atoms with van der Waals surface area (Å²) in [4.78, 5) is 17.5. The largest absolute Gasteiger partial charge is 0.480 e. The highest BCUT2D eigenvalue weighted by atomic mass is 32.1. The Morgan fingerprint density at radius 1 is 1.63 bits per heavy atom.